The van der Waals surface area contributed by atoms with Gasteiger partial charge in [-0.25, -0.2) is 0 Å². The first kappa shape index (κ1) is 18.3. The molecule has 1 aliphatic heterocycles. The minimum Gasteiger partial charge on any atom is -0.341 e. The fourth-order valence-corrected chi connectivity index (χ4v) is 4.32. The lowest BCUT2D eigenvalue weighted by molar-refractivity contribution is -0.115. The summed E-state index contributed by atoms with van der Waals surface area (Å²) in [6.45, 7) is 6.33. The lowest BCUT2D eigenvalue weighted by Gasteiger charge is -2.31. The van der Waals surface area contributed by atoms with Crippen LogP contribution in [0.2, 0.25) is 0 Å². The van der Waals surface area contributed by atoms with Crippen molar-refractivity contribution in [1.29, 1.82) is 0 Å². The van der Waals surface area contributed by atoms with Crippen LogP contribution in [0.4, 0.5) is 11.6 Å². The van der Waals surface area contributed by atoms with Gasteiger partial charge in [0.15, 0.2) is 5.16 Å². The summed E-state index contributed by atoms with van der Waals surface area (Å²) in [4.78, 5) is 14.9. The van der Waals surface area contributed by atoms with Gasteiger partial charge in [-0.15, -0.1) is 10.2 Å². The van der Waals surface area contributed by atoms with Crippen molar-refractivity contribution in [3.63, 3.8) is 0 Å². The Kier molecular flexibility index (Phi) is 5.38. The van der Waals surface area contributed by atoms with Gasteiger partial charge in [0.2, 0.25) is 11.9 Å². The molecule has 2 aliphatic rings. The maximum atomic E-state index is 12.6. The summed E-state index contributed by atoms with van der Waals surface area (Å²) in [5.74, 6) is 1.77. The van der Waals surface area contributed by atoms with E-state index in [1.807, 2.05) is 37.3 Å². The highest BCUT2D eigenvalue weighted by Gasteiger charge is 2.33. The van der Waals surface area contributed by atoms with Gasteiger partial charge in [-0.2, -0.15) is 0 Å². The zero-order chi connectivity index (χ0) is 18.8. The molecule has 2 fully saturated rings. The quantitative estimate of drug-likeness (QED) is 0.763. The number of hydrogen-bond acceptors (Lipinski definition) is 5. The van der Waals surface area contributed by atoms with E-state index in [0.717, 1.165) is 35.8 Å². The molecule has 1 aromatic carbocycles. The highest BCUT2D eigenvalue weighted by atomic mass is 32.2. The molecule has 1 aliphatic carbocycles. The molecule has 1 saturated carbocycles. The van der Waals surface area contributed by atoms with E-state index in [1.165, 1.54) is 37.4 Å². The van der Waals surface area contributed by atoms with Crippen molar-refractivity contribution in [2.45, 2.75) is 56.0 Å². The predicted molar refractivity (Wildman–Crippen MR) is 109 cm³/mol. The number of amides is 1. The second kappa shape index (κ2) is 7.92. The molecule has 2 heterocycles. The van der Waals surface area contributed by atoms with Gasteiger partial charge < -0.3 is 10.2 Å². The number of rotatable bonds is 6. The van der Waals surface area contributed by atoms with Crippen molar-refractivity contribution >= 4 is 29.3 Å². The molecule has 0 radical (unpaired) electrons. The average molecular weight is 386 g/mol. The fourth-order valence-electron chi connectivity index (χ4n) is 3.40. The summed E-state index contributed by atoms with van der Waals surface area (Å²) in [7, 11) is 0. The third-order valence-electron chi connectivity index (χ3n) is 5.32. The normalized spacial score (nSPS) is 19.1. The van der Waals surface area contributed by atoms with Gasteiger partial charge in [-0.1, -0.05) is 36.9 Å². The van der Waals surface area contributed by atoms with E-state index in [4.69, 9.17) is 0 Å². The van der Waals surface area contributed by atoms with Crippen LogP contribution in [-0.2, 0) is 4.79 Å². The summed E-state index contributed by atoms with van der Waals surface area (Å²) < 4.78 is 2.27. The third kappa shape index (κ3) is 4.29. The van der Waals surface area contributed by atoms with Gasteiger partial charge in [-0.3, -0.25) is 9.36 Å². The van der Waals surface area contributed by atoms with E-state index in [0.29, 0.717) is 6.04 Å². The van der Waals surface area contributed by atoms with Crippen molar-refractivity contribution in [3.05, 3.63) is 30.3 Å². The summed E-state index contributed by atoms with van der Waals surface area (Å²) >= 11 is 1.50. The SMILES string of the molecule is CC1CCN(c2nnc(S[C@@H](C)C(=O)Nc3ccccc3)n2C2CC2)CC1. The number of hydrogen-bond donors (Lipinski definition) is 1. The zero-order valence-electron chi connectivity index (χ0n) is 16.0. The minimum atomic E-state index is -0.235. The predicted octanol–water partition coefficient (Wildman–Crippen LogP) is 3.97. The number of carbonyl (C=O) groups excluding carboxylic acids is 1. The molecule has 1 amide bonds. The first-order valence-corrected chi connectivity index (χ1v) is 10.7. The average Bonchev–Trinajstić information content (AvgIpc) is 3.43. The summed E-state index contributed by atoms with van der Waals surface area (Å²) in [6, 6.07) is 10.1. The van der Waals surface area contributed by atoms with Crippen LogP contribution >= 0.6 is 11.8 Å². The van der Waals surface area contributed by atoms with E-state index in [2.05, 4.69) is 31.9 Å². The number of anilines is 2. The van der Waals surface area contributed by atoms with E-state index in [9.17, 15) is 4.79 Å². The van der Waals surface area contributed by atoms with Crippen molar-refractivity contribution < 1.29 is 4.79 Å². The topological polar surface area (TPSA) is 63.1 Å². The van der Waals surface area contributed by atoms with Gasteiger partial charge in [0, 0.05) is 24.8 Å². The second-order valence-corrected chi connectivity index (χ2v) is 8.98. The van der Waals surface area contributed by atoms with E-state index < -0.39 is 0 Å². The maximum Gasteiger partial charge on any atom is 0.237 e. The third-order valence-corrected chi connectivity index (χ3v) is 6.37. The molecule has 1 N–H and O–H groups in total. The smallest absolute Gasteiger partial charge is 0.237 e. The molecule has 0 bridgehead atoms. The number of nitrogens with zero attached hydrogens (tertiary/aromatic N) is 4. The van der Waals surface area contributed by atoms with Crippen LogP contribution in [-0.4, -0.2) is 39.0 Å². The first-order chi connectivity index (χ1) is 13.1. The Balaban J connectivity index is 1.46. The molecule has 0 spiro atoms. The lowest BCUT2D eigenvalue weighted by atomic mass is 10.00. The number of para-hydroxylation sites is 1. The van der Waals surface area contributed by atoms with Gasteiger partial charge in [0.05, 0.1) is 5.25 Å². The van der Waals surface area contributed by atoms with E-state index in [-0.39, 0.29) is 11.2 Å². The molecule has 27 heavy (non-hydrogen) atoms. The molecule has 4 rings (SSSR count). The largest absolute Gasteiger partial charge is 0.341 e. The number of piperidine rings is 1. The van der Waals surface area contributed by atoms with Crippen molar-refractivity contribution in [2.75, 3.05) is 23.3 Å². The molecule has 0 unspecified atom stereocenters. The van der Waals surface area contributed by atoms with E-state index in [1.54, 1.807) is 0 Å². The molecular weight excluding hydrogens is 358 g/mol. The second-order valence-electron chi connectivity index (χ2n) is 7.67. The van der Waals surface area contributed by atoms with Gasteiger partial charge in [0.1, 0.15) is 0 Å². The number of nitrogens with one attached hydrogen (secondary N) is 1. The Morgan fingerprint density at radius 2 is 1.85 bits per heavy atom. The van der Waals surface area contributed by atoms with Crippen LogP contribution in [0.15, 0.2) is 35.5 Å². The Morgan fingerprint density at radius 1 is 1.15 bits per heavy atom. The summed E-state index contributed by atoms with van der Waals surface area (Å²) in [5, 5.41) is 12.6. The van der Waals surface area contributed by atoms with Crippen LogP contribution in [0.25, 0.3) is 0 Å². The number of aromatic nitrogens is 3. The standard InChI is InChI=1S/C20H27N5OS/c1-14-10-12-24(13-11-14)19-22-23-20(25(19)17-8-9-17)27-15(2)18(26)21-16-6-4-3-5-7-16/h3-7,14-15,17H,8-13H2,1-2H3,(H,21,26)/t15-/m0/s1. The van der Waals surface area contributed by atoms with Gasteiger partial charge in [0.25, 0.3) is 0 Å². The number of thioether (sulfide) groups is 1. The maximum absolute atomic E-state index is 12.6. The lowest BCUT2D eigenvalue weighted by Crippen LogP contribution is -2.34. The van der Waals surface area contributed by atoms with Crippen LogP contribution < -0.4 is 10.2 Å². The number of benzene rings is 1. The summed E-state index contributed by atoms with van der Waals surface area (Å²) in [6.07, 6.45) is 4.76. The van der Waals surface area contributed by atoms with Crippen LogP contribution in [0.5, 0.6) is 0 Å². The van der Waals surface area contributed by atoms with Crippen LogP contribution in [0.1, 0.15) is 45.6 Å². The van der Waals surface area contributed by atoms with Crippen LogP contribution in [0.3, 0.4) is 0 Å². The van der Waals surface area contributed by atoms with Crippen molar-refractivity contribution in [3.8, 4) is 0 Å². The highest BCUT2D eigenvalue weighted by Crippen LogP contribution is 2.42. The zero-order valence-corrected chi connectivity index (χ0v) is 16.8. The summed E-state index contributed by atoms with van der Waals surface area (Å²) in [5.41, 5.74) is 0.821. The Morgan fingerprint density at radius 3 is 2.52 bits per heavy atom. The van der Waals surface area contributed by atoms with Crippen molar-refractivity contribution in [2.24, 2.45) is 5.92 Å². The Hall–Kier alpha value is -2.02. The van der Waals surface area contributed by atoms with Crippen molar-refractivity contribution in [1.82, 2.24) is 14.8 Å². The molecule has 7 heteroatoms. The molecule has 1 aromatic heterocycles. The fraction of sp³-hybridized carbons (Fsp3) is 0.550. The number of carbonyl (C=O) groups is 1. The molecular formula is C20H27N5OS. The van der Waals surface area contributed by atoms with Gasteiger partial charge in [-0.05, 0) is 50.7 Å². The molecule has 2 aromatic rings. The monoisotopic (exact) mass is 385 g/mol. The van der Waals surface area contributed by atoms with E-state index >= 15 is 0 Å². The minimum absolute atomic E-state index is 0.00936. The molecule has 1 atom stereocenters. The molecule has 144 valence electrons. The highest BCUT2D eigenvalue weighted by molar-refractivity contribution is 8.00. The van der Waals surface area contributed by atoms with Crippen LogP contribution in [0, 0.1) is 5.92 Å². The Bertz CT molecular complexity index is 781. The molecule has 6 nitrogen and oxygen atoms in total. The van der Waals surface area contributed by atoms with Gasteiger partial charge >= 0.3 is 0 Å². The molecule has 1 saturated heterocycles. The first-order valence-electron chi connectivity index (χ1n) is 9.84. The Labute approximate surface area is 164 Å².